The lowest BCUT2D eigenvalue weighted by Crippen LogP contribution is -2.53. The van der Waals surface area contributed by atoms with Gasteiger partial charge in [0.25, 0.3) is 0 Å². The second kappa shape index (κ2) is 6.17. The van der Waals surface area contributed by atoms with E-state index in [9.17, 15) is 5.11 Å². The van der Waals surface area contributed by atoms with Crippen molar-refractivity contribution in [3.63, 3.8) is 0 Å². The normalized spacial score (nSPS) is 29.9. The summed E-state index contributed by atoms with van der Waals surface area (Å²) in [5, 5.41) is 11.1. The van der Waals surface area contributed by atoms with Crippen LogP contribution in [0.3, 0.4) is 0 Å². The molecule has 1 atom stereocenters. The first kappa shape index (κ1) is 16.0. The summed E-state index contributed by atoms with van der Waals surface area (Å²) in [6, 6.07) is 8.22. The number of benzene rings is 1. The van der Waals surface area contributed by atoms with E-state index >= 15 is 0 Å². The van der Waals surface area contributed by atoms with Gasteiger partial charge in [-0.2, -0.15) is 0 Å². The van der Waals surface area contributed by atoms with E-state index in [4.69, 9.17) is 5.73 Å². The van der Waals surface area contributed by atoms with Crippen LogP contribution in [0.25, 0.3) is 0 Å². The summed E-state index contributed by atoms with van der Waals surface area (Å²) in [4.78, 5) is 0. The zero-order valence-corrected chi connectivity index (χ0v) is 14.1. The maximum atomic E-state index is 11.1. The van der Waals surface area contributed by atoms with Crippen LogP contribution >= 0.6 is 15.9 Å². The Balaban J connectivity index is 2.16. The van der Waals surface area contributed by atoms with Crippen molar-refractivity contribution in [2.75, 3.05) is 6.54 Å². The van der Waals surface area contributed by atoms with Crippen LogP contribution in [0.5, 0.6) is 0 Å². The van der Waals surface area contributed by atoms with Crippen LogP contribution in [-0.4, -0.2) is 17.3 Å². The largest absolute Gasteiger partial charge is 0.389 e. The van der Waals surface area contributed by atoms with Gasteiger partial charge in [-0.15, -0.1) is 0 Å². The third-order valence-corrected chi connectivity index (χ3v) is 5.75. The molecule has 1 fully saturated rings. The average molecular weight is 340 g/mol. The van der Waals surface area contributed by atoms with E-state index in [1.807, 2.05) is 19.1 Å². The highest BCUT2D eigenvalue weighted by molar-refractivity contribution is 9.10. The van der Waals surface area contributed by atoms with E-state index in [1.165, 1.54) is 18.4 Å². The predicted molar refractivity (Wildman–Crippen MR) is 87.6 cm³/mol. The van der Waals surface area contributed by atoms with Crippen LogP contribution in [-0.2, 0) is 6.42 Å². The van der Waals surface area contributed by atoms with Gasteiger partial charge in [0, 0.05) is 22.9 Å². The Labute approximate surface area is 130 Å². The highest BCUT2D eigenvalue weighted by atomic mass is 79.9. The van der Waals surface area contributed by atoms with E-state index < -0.39 is 5.60 Å². The number of aliphatic hydroxyl groups is 1. The van der Waals surface area contributed by atoms with Crippen molar-refractivity contribution >= 4 is 15.9 Å². The van der Waals surface area contributed by atoms with Crippen LogP contribution < -0.4 is 5.73 Å². The first-order chi connectivity index (χ1) is 9.38. The molecule has 0 heterocycles. The highest BCUT2D eigenvalue weighted by Gasteiger charge is 2.47. The molecular formula is C17H26BrNO. The van der Waals surface area contributed by atoms with E-state index in [1.54, 1.807) is 0 Å². The molecule has 1 aliphatic rings. The second-order valence-electron chi connectivity index (χ2n) is 6.74. The van der Waals surface area contributed by atoms with Gasteiger partial charge in [-0.25, -0.2) is 0 Å². The van der Waals surface area contributed by atoms with Gasteiger partial charge in [-0.1, -0.05) is 47.8 Å². The minimum atomic E-state index is -0.740. The Kier molecular flexibility index (Phi) is 4.93. The van der Waals surface area contributed by atoms with Gasteiger partial charge in [0.2, 0.25) is 0 Å². The van der Waals surface area contributed by atoms with E-state index in [0.717, 1.165) is 23.2 Å². The minimum Gasteiger partial charge on any atom is -0.389 e. The van der Waals surface area contributed by atoms with E-state index in [2.05, 4.69) is 35.0 Å². The lowest BCUT2D eigenvalue weighted by atomic mass is 9.60. The molecule has 1 aromatic carbocycles. The molecule has 0 amide bonds. The van der Waals surface area contributed by atoms with E-state index in [-0.39, 0.29) is 5.41 Å². The maximum Gasteiger partial charge on any atom is 0.0727 e. The summed E-state index contributed by atoms with van der Waals surface area (Å²) < 4.78 is 1.07. The maximum absolute atomic E-state index is 11.1. The zero-order valence-electron chi connectivity index (χ0n) is 12.5. The molecule has 1 aliphatic carbocycles. The first-order valence-electron chi connectivity index (χ1n) is 7.55. The molecule has 2 rings (SSSR count). The smallest absolute Gasteiger partial charge is 0.0727 e. The van der Waals surface area contributed by atoms with Crippen molar-refractivity contribution < 1.29 is 5.11 Å². The SMILES string of the molecule is CC1CCC(CN)(C(C)(O)Cc2ccc(Br)cc2)CC1. The number of hydrogen-bond donors (Lipinski definition) is 2. The topological polar surface area (TPSA) is 46.2 Å². The van der Waals surface area contributed by atoms with Crippen molar-refractivity contribution in [1.29, 1.82) is 0 Å². The average Bonchev–Trinajstić information content (AvgIpc) is 2.42. The van der Waals surface area contributed by atoms with Gasteiger partial charge in [-0.05, 0) is 43.4 Å². The Bertz CT molecular complexity index is 433. The van der Waals surface area contributed by atoms with Crippen molar-refractivity contribution in [1.82, 2.24) is 0 Å². The predicted octanol–water partition coefficient (Wildman–Crippen LogP) is 3.90. The summed E-state index contributed by atoms with van der Waals surface area (Å²) in [6.45, 7) is 4.84. The first-order valence-corrected chi connectivity index (χ1v) is 8.35. The lowest BCUT2D eigenvalue weighted by Gasteiger charge is -2.49. The van der Waals surface area contributed by atoms with Crippen LogP contribution in [0.4, 0.5) is 0 Å². The fourth-order valence-electron chi connectivity index (χ4n) is 3.46. The molecule has 3 N–H and O–H groups in total. The number of halogens is 1. The molecule has 0 aliphatic heterocycles. The number of hydrogen-bond acceptors (Lipinski definition) is 2. The fraction of sp³-hybridized carbons (Fsp3) is 0.647. The molecule has 0 spiro atoms. The monoisotopic (exact) mass is 339 g/mol. The molecule has 0 saturated heterocycles. The lowest BCUT2D eigenvalue weighted by molar-refractivity contribution is -0.0901. The van der Waals surface area contributed by atoms with Crippen molar-refractivity contribution in [2.24, 2.45) is 17.1 Å². The third kappa shape index (κ3) is 3.26. The molecule has 0 aromatic heterocycles. The Morgan fingerprint density at radius 2 is 1.85 bits per heavy atom. The summed E-state index contributed by atoms with van der Waals surface area (Å²) >= 11 is 3.45. The molecular weight excluding hydrogens is 314 g/mol. The summed E-state index contributed by atoms with van der Waals surface area (Å²) in [7, 11) is 0. The Morgan fingerprint density at radius 3 is 2.35 bits per heavy atom. The molecule has 1 aromatic rings. The highest BCUT2D eigenvalue weighted by Crippen LogP contribution is 2.47. The summed E-state index contributed by atoms with van der Waals surface area (Å²) in [6.07, 6.45) is 5.09. The number of rotatable bonds is 4. The van der Waals surface area contributed by atoms with Gasteiger partial charge >= 0.3 is 0 Å². The molecule has 0 bridgehead atoms. The van der Waals surface area contributed by atoms with E-state index in [0.29, 0.717) is 13.0 Å². The van der Waals surface area contributed by atoms with Crippen LogP contribution in [0.1, 0.15) is 45.1 Å². The van der Waals surface area contributed by atoms with Crippen molar-refractivity contribution in [2.45, 2.75) is 51.6 Å². The molecule has 112 valence electrons. The van der Waals surface area contributed by atoms with Crippen LogP contribution in [0.15, 0.2) is 28.7 Å². The summed E-state index contributed by atoms with van der Waals surface area (Å²) in [5.74, 6) is 0.762. The van der Waals surface area contributed by atoms with Crippen molar-refractivity contribution in [3.8, 4) is 0 Å². The molecule has 3 heteroatoms. The summed E-state index contributed by atoms with van der Waals surface area (Å²) in [5.41, 5.74) is 6.38. The molecule has 20 heavy (non-hydrogen) atoms. The molecule has 1 saturated carbocycles. The third-order valence-electron chi connectivity index (χ3n) is 5.23. The fourth-order valence-corrected chi connectivity index (χ4v) is 3.73. The van der Waals surface area contributed by atoms with Crippen LogP contribution in [0.2, 0.25) is 0 Å². The van der Waals surface area contributed by atoms with Gasteiger partial charge < -0.3 is 10.8 Å². The van der Waals surface area contributed by atoms with Crippen molar-refractivity contribution in [3.05, 3.63) is 34.3 Å². The Hall–Kier alpha value is -0.380. The molecule has 2 nitrogen and oxygen atoms in total. The number of nitrogens with two attached hydrogens (primary N) is 1. The molecule has 1 unspecified atom stereocenters. The van der Waals surface area contributed by atoms with Gasteiger partial charge in [-0.3, -0.25) is 0 Å². The van der Waals surface area contributed by atoms with Gasteiger partial charge in [0.15, 0.2) is 0 Å². The quantitative estimate of drug-likeness (QED) is 0.873. The van der Waals surface area contributed by atoms with Crippen LogP contribution in [0, 0.1) is 11.3 Å². The minimum absolute atomic E-state index is 0.132. The standard InChI is InChI=1S/C17H26BrNO/c1-13-7-9-17(12-19,10-8-13)16(2,20)11-14-3-5-15(18)6-4-14/h3-6,13,20H,7-12,19H2,1-2H3. The van der Waals surface area contributed by atoms with Gasteiger partial charge in [0.05, 0.1) is 5.60 Å². The molecule has 0 radical (unpaired) electrons. The zero-order chi connectivity index (χ0) is 14.8. The second-order valence-corrected chi connectivity index (χ2v) is 7.66. The van der Waals surface area contributed by atoms with Gasteiger partial charge in [0.1, 0.15) is 0 Å². The Morgan fingerprint density at radius 1 is 1.30 bits per heavy atom.